The van der Waals surface area contributed by atoms with E-state index in [4.69, 9.17) is 9.47 Å². The Labute approximate surface area is 195 Å². The molecule has 176 valence electrons. The molecule has 3 aliphatic rings. The number of benzene rings is 1. The van der Waals surface area contributed by atoms with Crippen molar-refractivity contribution in [2.75, 3.05) is 47.4 Å². The van der Waals surface area contributed by atoms with Crippen molar-refractivity contribution >= 4 is 17.5 Å². The molecule has 0 unspecified atom stereocenters. The third-order valence-corrected chi connectivity index (χ3v) is 7.27. The van der Waals surface area contributed by atoms with Gasteiger partial charge >= 0.3 is 0 Å². The molecule has 33 heavy (non-hydrogen) atoms. The van der Waals surface area contributed by atoms with Crippen LogP contribution in [0.2, 0.25) is 0 Å². The van der Waals surface area contributed by atoms with Gasteiger partial charge in [0.25, 0.3) is 0 Å². The summed E-state index contributed by atoms with van der Waals surface area (Å²) in [5.74, 6) is -1.08. The maximum atomic E-state index is 13.6. The maximum Gasteiger partial charge on any atom is 0.228 e. The molecular weight excluding hydrogens is 420 g/mol. The second-order valence-corrected chi connectivity index (χ2v) is 9.13. The Kier molecular flexibility index (Phi) is 6.70. The number of likely N-dealkylation sites (N-methyl/N-ethyl adjacent to an activating group) is 1. The van der Waals surface area contributed by atoms with Gasteiger partial charge in [0.15, 0.2) is 0 Å². The van der Waals surface area contributed by atoms with Crippen molar-refractivity contribution in [1.29, 1.82) is 0 Å². The van der Waals surface area contributed by atoms with E-state index in [-0.39, 0.29) is 40.8 Å². The van der Waals surface area contributed by atoms with Gasteiger partial charge in [-0.25, -0.2) is 0 Å². The molecule has 7 nitrogen and oxygen atoms in total. The number of aryl methyl sites for hydroxylation is 1. The lowest BCUT2D eigenvalue weighted by Crippen LogP contribution is -2.48. The fourth-order valence-electron chi connectivity index (χ4n) is 5.38. The van der Waals surface area contributed by atoms with Gasteiger partial charge in [0.05, 0.1) is 14.2 Å². The molecule has 0 saturated carbocycles. The van der Waals surface area contributed by atoms with Crippen molar-refractivity contribution in [2.45, 2.75) is 32.1 Å². The molecule has 1 fully saturated rings. The highest BCUT2D eigenvalue weighted by molar-refractivity contribution is 6.24. The van der Waals surface area contributed by atoms with Crippen LogP contribution in [0.1, 0.15) is 36.8 Å². The minimum Gasteiger partial charge on any atom is -0.489 e. The Hall–Kier alpha value is -2.93. The van der Waals surface area contributed by atoms with E-state index in [1.165, 1.54) is 14.2 Å². The summed E-state index contributed by atoms with van der Waals surface area (Å²) in [6.07, 6.45) is 1.98. The topological polar surface area (TPSA) is 76.2 Å². The van der Waals surface area contributed by atoms with Crippen LogP contribution in [0.4, 0.5) is 0 Å². The Balaban J connectivity index is 1.72. The van der Waals surface area contributed by atoms with E-state index in [1.807, 2.05) is 23.1 Å². The lowest BCUT2D eigenvalue weighted by molar-refractivity contribution is -0.134. The van der Waals surface area contributed by atoms with Crippen molar-refractivity contribution in [3.8, 4) is 0 Å². The number of nitrogens with zero attached hydrogens (tertiary/aromatic N) is 2. The fraction of sp³-hybridized carbons (Fsp3) is 0.500. The largest absolute Gasteiger partial charge is 0.489 e. The zero-order valence-electron chi connectivity index (χ0n) is 19.8. The number of hydrogen-bond donors (Lipinski definition) is 0. The van der Waals surface area contributed by atoms with Gasteiger partial charge in [-0.3, -0.25) is 14.4 Å². The molecule has 0 aromatic heterocycles. The summed E-state index contributed by atoms with van der Waals surface area (Å²) >= 11 is 0. The molecule has 0 radical (unpaired) electrons. The number of carbonyl (C=O) groups is 3. The summed E-state index contributed by atoms with van der Waals surface area (Å²) in [6.45, 7) is 4.84. The van der Waals surface area contributed by atoms with E-state index in [0.717, 1.165) is 50.1 Å². The molecule has 2 atom stereocenters. The van der Waals surface area contributed by atoms with Crippen LogP contribution >= 0.6 is 0 Å². The summed E-state index contributed by atoms with van der Waals surface area (Å²) in [5, 5.41) is 0. The smallest absolute Gasteiger partial charge is 0.228 e. The highest BCUT2D eigenvalue weighted by Gasteiger charge is 2.43. The summed E-state index contributed by atoms with van der Waals surface area (Å²) < 4.78 is 10.5. The number of fused-ring (bicyclic) bond motifs is 1. The zero-order valence-corrected chi connectivity index (χ0v) is 19.8. The average Bonchev–Trinajstić information content (AvgIpc) is 2.82. The van der Waals surface area contributed by atoms with E-state index in [1.54, 1.807) is 6.92 Å². The minimum atomic E-state index is -0.341. The molecule has 0 N–H and O–H groups in total. The minimum absolute atomic E-state index is 0.0575. The van der Waals surface area contributed by atoms with Crippen molar-refractivity contribution in [3.05, 3.63) is 58.1 Å². The Morgan fingerprint density at radius 1 is 1.00 bits per heavy atom. The average molecular weight is 453 g/mol. The number of amides is 1. The molecule has 1 heterocycles. The van der Waals surface area contributed by atoms with Crippen LogP contribution in [0, 0.1) is 5.92 Å². The van der Waals surface area contributed by atoms with E-state index in [2.05, 4.69) is 18.0 Å². The van der Waals surface area contributed by atoms with Gasteiger partial charge in [0.2, 0.25) is 29.0 Å². The van der Waals surface area contributed by atoms with Gasteiger partial charge in [-0.1, -0.05) is 24.3 Å². The van der Waals surface area contributed by atoms with Gasteiger partial charge < -0.3 is 19.3 Å². The third kappa shape index (κ3) is 4.22. The van der Waals surface area contributed by atoms with Crippen LogP contribution in [0.15, 0.2) is 46.9 Å². The summed E-state index contributed by atoms with van der Waals surface area (Å²) in [7, 11) is 4.80. The quantitative estimate of drug-likeness (QED) is 0.639. The van der Waals surface area contributed by atoms with Crippen LogP contribution in [-0.2, 0) is 30.3 Å². The van der Waals surface area contributed by atoms with E-state index >= 15 is 0 Å². The Morgan fingerprint density at radius 2 is 1.64 bits per heavy atom. The van der Waals surface area contributed by atoms with E-state index in [0.29, 0.717) is 17.6 Å². The molecule has 1 aliphatic heterocycles. The Bertz CT molecular complexity index is 1030. The van der Waals surface area contributed by atoms with Gasteiger partial charge in [0, 0.05) is 49.7 Å². The first kappa shape index (κ1) is 23.2. The standard InChI is InChI=1S/C26H32N2O5/c1-16-21(24(31)26(33-4)25(32-3)23(16)30)22-18(10-9-17-7-5-6-8-19(17)22)15-20(29)28-13-11-27(2)12-14-28/h5-8,18,22H,9-15H2,1-4H3/t18-,22-/m1/s1. The molecule has 0 bridgehead atoms. The lowest BCUT2D eigenvalue weighted by atomic mass is 9.67. The molecule has 1 saturated heterocycles. The van der Waals surface area contributed by atoms with Crippen molar-refractivity contribution in [2.24, 2.45) is 5.92 Å². The van der Waals surface area contributed by atoms with Crippen molar-refractivity contribution < 1.29 is 23.9 Å². The number of hydrogen-bond acceptors (Lipinski definition) is 6. The number of piperazine rings is 1. The second-order valence-electron chi connectivity index (χ2n) is 9.13. The first-order valence-corrected chi connectivity index (χ1v) is 11.5. The number of allylic oxidation sites excluding steroid dienone is 2. The van der Waals surface area contributed by atoms with Crippen LogP contribution in [-0.4, -0.2) is 74.7 Å². The molecule has 2 aliphatic carbocycles. The zero-order chi connectivity index (χ0) is 23.7. The van der Waals surface area contributed by atoms with Crippen molar-refractivity contribution in [3.63, 3.8) is 0 Å². The molecule has 1 aromatic carbocycles. The van der Waals surface area contributed by atoms with Gasteiger partial charge in [-0.2, -0.15) is 0 Å². The first-order valence-electron chi connectivity index (χ1n) is 11.5. The summed E-state index contributed by atoms with van der Waals surface area (Å²) in [4.78, 5) is 44.1. The van der Waals surface area contributed by atoms with Gasteiger partial charge in [-0.15, -0.1) is 0 Å². The summed E-state index contributed by atoms with van der Waals surface area (Å²) in [5.41, 5.74) is 2.98. The van der Waals surface area contributed by atoms with Gasteiger partial charge in [0.1, 0.15) is 0 Å². The van der Waals surface area contributed by atoms with E-state index in [9.17, 15) is 14.4 Å². The fourth-order valence-corrected chi connectivity index (χ4v) is 5.38. The highest BCUT2D eigenvalue weighted by Crippen LogP contribution is 2.46. The predicted octanol–water partition coefficient (Wildman–Crippen LogP) is 2.47. The molecule has 0 spiro atoms. The van der Waals surface area contributed by atoms with Crippen LogP contribution in [0.25, 0.3) is 0 Å². The van der Waals surface area contributed by atoms with Crippen LogP contribution in [0.3, 0.4) is 0 Å². The number of ether oxygens (including phenoxy) is 2. The maximum absolute atomic E-state index is 13.6. The molecule has 1 amide bonds. The van der Waals surface area contributed by atoms with Crippen LogP contribution in [0.5, 0.6) is 0 Å². The highest BCUT2D eigenvalue weighted by atomic mass is 16.5. The molecule has 7 heteroatoms. The first-order chi connectivity index (χ1) is 15.9. The third-order valence-electron chi connectivity index (χ3n) is 7.27. The van der Waals surface area contributed by atoms with E-state index < -0.39 is 0 Å². The monoisotopic (exact) mass is 452 g/mol. The van der Waals surface area contributed by atoms with Gasteiger partial charge in [-0.05, 0) is 43.9 Å². The normalized spacial score (nSPS) is 24.2. The number of methoxy groups -OCH3 is 2. The number of Topliss-reactive ketones (excluding diaryl/α,β-unsaturated/α-hetero) is 2. The summed E-state index contributed by atoms with van der Waals surface area (Å²) in [6, 6.07) is 8.03. The molecule has 4 rings (SSSR count). The Morgan fingerprint density at radius 3 is 2.30 bits per heavy atom. The number of carbonyl (C=O) groups excluding carboxylic acids is 3. The number of rotatable bonds is 5. The lowest BCUT2D eigenvalue weighted by Gasteiger charge is -2.38. The van der Waals surface area contributed by atoms with Crippen LogP contribution < -0.4 is 0 Å². The predicted molar refractivity (Wildman–Crippen MR) is 123 cm³/mol. The second kappa shape index (κ2) is 9.51. The number of ketones is 2. The molecule has 1 aromatic rings. The SMILES string of the molecule is COC1=C(OC)C(=O)C([C@H]2c3ccccc3CC[C@@H]2CC(=O)N2CCN(C)CC2)=C(C)C1=O. The van der Waals surface area contributed by atoms with Crippen molar-refractivity contribution in [1.82, 2.24) is 9.80 Å². The molecular formula is C26H32N2O5.